The maximum atomic E-state index is 12.5. The van der Waals surface area contributed by atoms with Crippen molar-refractivity contribution in [2.45, 2.75) is 44.0 Å². The van der Waals surface area contributed by atoms with Crippen molar-refractivity contribution in [3.63, 3.8) is 0 Å². The lowest BCUT2D eigenvalue weighted by atomic mass is 10.1. The first-order valence-electron chi connectivity index (χ1n) is 7.21. The average Bonchev–Trinajstić information content (AvgIpc) is 3.10. The molecule has 0 spiro atoms. The molecule has 1 aliphatic heterocycles. The van der Waals surface area contributed by atoms with Gasteiger partial charge in [-0.15, -0.1) is 23.1 Å². The van der Waals surface area contributed by atoms with Crippen LogP contribution in [0, 0.1) is 11.3 Å². The van der Waals surface area contributed by atoms with Crippen LogP contribution < -0.4 is 5.32 Å². The number of thiophene rings is 1. The first kappa shape index (κ1) is 15.4. The van der Waals surface area contributed by atoms with Crippen LogP contribution in [-0.2, 0) is 22.4 Å². The number of nitrogens with one attached hydrogen (secondary N) is 1. The Kier molecular flexibility index (Phi) is 3.91. The molecule has 0 radical (unpaired) electrons. The van der Waals surface area contributed by atoms with Gasteiger partial charge in [-0.3, -0.25) is 9.59 Å². The van der Waals surface area contributed by atoms with Crippen molar-refractivity contribution in [3.05, 3.63) is 16.0 Å². The van der Waals surface area contributed by atoms with Gasteiger partial charge in [0.15, 0.2) is 0 Å². The fourth-order valence-corrected chi connectivity index (χ4v) is 5.46. The fourth-order valence-electron chi connectivity index (χ4n) is 3.02. The first-order chi connectivity index (χ1) is 10.5. The van der Waals surface area contributed by atoms with Gasteiger partial charge in [-0.25, -0.2) is 0 Å². The Hall–Kier alpha value is -1.52. The summed E-state index contributed by atoms with van der Waals surface area (Å²) in [7, 11) is 0. The Morgan fingerprint density at radius 2 is 2.27 bits per heavy atom. The van der Waals surface area contributed by atoms with Crippen LogP contribution in [0.5, 0.6) is 0 Å². The van der Waals surface area contributed by atoms with Crippen LogP contribution in [0.15, 0.2) is 0 Å². The second kappa shape index (κ2) is 5.60. The summed E-state index contributed by atoms with van der Waals surface area (Å²) in [6.07, 6.45) is 3.72. The minimum absolute atomic E-state index is 0.207. The summed E-state index contributed by atoms with van der Waals surface area (Å²) in [5.74, 6) is 0.367. The Morgan fingerprint density at radius 1 is 1.50 bits per heavy atom. The van der Waals surface area contributed by atoms with Gasteiger partial charge in [-0.05, 0) is 38.7 Å². The highest BCUT2D eigenvalue weighted by Gasteiger charge is 2.43. The number of carbonyl (C=O) groups excluding carboxylic acids is 2. The second-order valence-corrected chi connectivity index (χ2v) is 8.68. The Balaban J connectivity index is 1.81. The molecule has 7 heteroatoms. The number of rotatable bonds is 3. The van der Waals surface area contributed by atoms with Gasteiger partial charge in [0, 0.05) is 10.6 Å². The number of fused-ring (bicyclic) bond motifs is 1. The number of hydrogen-bond acceptors (Lipinski definition) is 5. The topological polar surface area (TPSA) is 73.2 Å². The first-order valence-corrected chi connectivity index (χ1v) is 9.01. The van der Waals surface area contributed by atoms with E-state index in [9.17, 15) is 14.9 Å². The van der Waals surface area contributed by atoms with E-state index in [1.807, 2.05) is 13.8 Å². The van der Waals surface area contributed by atoms with Crippen molar-refractivity contribution < 1.29 is 9.59 Å². The third-order valence-electron chi connectivity index (χ3n) is 4.24. The number of hydrogen-bond donors (Lipinski definition) is 1. The van der Waals surface area contributed by atoms with Gasteiger partial charge in [-0.1, -0.05) is 0 Å². The highest BCUT2D eigenvalue weighted by molar-refractivity contribution is 8.00. The van der Waals surface area contributed by atoms with E-state index in [-0.39, 0.29) is 10.8 Å². The van der Waals surface area contributed by atoms with E-state index in [0.717, 1.165) is 31.2 Å². The smallest absolute Gasteiger partial charge is 0.248 e. The normalized spacial score (nSPS) is 22.2. The van der Waals surface area contributed by atoms with E-state index in [0.29, 0.717) is 16.3 Å². The van der Waals surface area contributed by atoms with Gasteiger partial charge < -0.3 is 10.2 Å². The van der Waals surface area contributed by atoms with Gasteiger partial charge in [-0.2, -0.15) is 5.26 Å². The van der Waals surface area contributed by atoms with Gasteiger partial charge in [0.2, 0.25) is 12.3 Å². The number of nitriles is 1. The van der Waals surface area contributed by atoms with Crippen molar-refractivity contribution in [3.8, 4) is 6.07 Å². The van der Waals surface area contributed by atoms with Gasteiger partial charge in [0.25, 0.3) is 0 Å². The minimum atomic E-state index is -0.485. The van der Waals surface area contributed by atoms with E-state index < -0.39 is 6.04 Å². The molecule has 1 atom stereocenters. The van der Waals surface area contributed by atoms with Crippen LogP contribution in [0.1, 0.15) is 36.3 Å². The third kappa shape index (κ3) is 2.40. The number of nitrogens with zero attached hydrogens (tertiary/aromatic N) is 2. The molecule has 1 N–H and O–H groups in total. The van der Waals surface area contributed by atoms with Crippen LogP contribution in [0.4, 0.5) is 5.00 Å². The lowest BCUT2D eigenvalue weighted by Crippen LogP contribution is -2.47. The number of carbonyl (C=O) groups is 2. The largest absolute Gasteiger partial charge is 0.318 e. The molecule has 0 bridgehead atoms. The summed E-state index contributed by atoms with van der Waals surface area (Å²) in [4.78, 5) is 26.2. The molecule has 116 valence electrons. The third-order valence-corrected chi connectivity index (χ3v) is 6.84. The fraction of sp³-hybridized carbons (Fsp3) is 0.533. The predicted molar refractivity (Wildman–Crippen MR) is 87.9 cm³/mol. The molecule has 3 rings (SSSR count). The number of aryl methyl sites for hydroxylation is 1. The van der Waals surface area contributed by atoms with E-state index in [2.05, 4.69) is 11.4 Å². The zero-order chi connectivity index (χ0) is 15.9. The maximum absolute atomic E-state index is 12.5. The summed E-state index contributed by atoms with van der Waals surface area (Å²) in [6, 6.07) is 1.74. The van der Waals surface area contributed by atoms with Crippen LogP contribution in [0.2, 0.25) is 0 Å². The van der Waals surface area contributed by atoms with E-state index in [4.69, 9.17) is 0 Å². The highest BCUT2D eigenvalue weighted by atomic mass is 32.2. The number of thioether (sulfide) groups is 1. The van der Waals surface area contributed by atoms with Crippen molar-refractivity contribution in [2.24, 2.45) is 0 Å². The maximum Gasteiger partial charge on any atom is 0.248 e. The molecule has 2 aliphatic rings. The molecular formula is C15H17N3O2S2. The van der Waals surface area contributed by atoms with Crippen LogP contribution >= 0.6 is 23.1 Å². The SMILES string of the molecule is CC1(C)SCC(C(=O)Nc2sc3c(c2C#N)CCC3)N1C=O. The Morgan fingerprint density at radius 3 is 2.95 bits per heavy atom. The second-order valence-electron chi connectivity index (χ2n) is 5.95. The zero-order valence-electron chi connectivity index (χ0n) is 12.5. The lowest BCUT2D eigenvalue weighted by Gasteiger charge is -2.30. The summed E-state index contributed by atoms with van der Waals surface area (Å²) < 4.78 is 0. The van der Waals surface area contributed by atoms with Crippen molar-refractivity contribution >= 4 is 40.4 Å². The molecule has 1 saturated heterocycles. The number of amides is 2. The quantitative estimate of drug-likeness (QED) is 0.861. The monoisotopic (exact) mass is 335 g/mol. The van der Waals surface area contributed by atoms with Crippen LogP contribution in [0.3, 0.4) is 0 Å². The summed E-state index contributed by atoms with van der Waals surface area (Å²) in [5.41, 5.74) is 1.70. The average molecular weight is 335 g/mol. The molecule has 0 aromatic carbocycles. The molecule has 1 fully saturated rings. The predicted octanol–water partition coefficient (Wildman–Crippen LogP) is 2.36. The van der Waals surface area contributed by atoms with Gasteiger partial charge in [0.1, 0.15) is 17.1 Å². The molecule has 1 unspecified atom stereocenters. The van der Waals surface area contributed by atoms with E-state index in [1.54, 1.807) is 16.7 Å². The minimum Gasteiger partial charge on any atom is -0.318 e. The van der Waals surface area contributed by atoms with E-state index >= 15 is 0 Å². The summed E-state index contributed by atoms with van der Waals surface area (Å²) in [6.45, 7) is 3.86. The van der Waals surface area contributed by atoms with Crippen LogP contribution in [-0.4, -0.2) is 33.9 Å². The zero-order valence-corrected chi connectivity index (χ0v) is 14.1. The molecule has 0 saturated carbocycles. The van der Waals surface area contributed by atoms with Gasteiger partial charge >= 0.3 is 0 Å². The molecule has 1 aromatic rings. The van der Waals surface area contributed by atoms with Crippen molar-refractivity contribution in [2.75, 3.05) is 11.1 Å². The summed E-state index contributed by atoms with van der Waals surface area (Å²) in [5, 5.41) is 12.9. The standard InChI is InChI=1S/C15H17N3O2S2/c1-15(2)18(8-19)11(7-21-15)13(20)17-14-10(6-16)9-4-3-5-12(9)22-14/h8,11H,3-5,7H2,1-2H3,(H,17,20). The Labute approximate surface area is 137 Å². The van der Waals surface area contributed by atoms with E-state index in [1.165, 1.54) is 16.2 Å². The molecule has 2 amide bonds. The molecule has 1 aliphatic carbocycles. The van der Waals surface area contributed by atoms with Crippen molar-refractivity contribution in [1.29, 1.82) is 5.26 Å². The molecule has 1 aromatic heterocycles. The lowest BCUT2D eigenvalue weighted by molar-refractivity contribution is -0.130. The number of anilines is 1. The Bertz CT molecular complexity index is 675. The molecular weight excluding hydrogens is 318 g/mol. The van der Waals surface area contributed by atoms with Gasteiger partial charge in [0.05, 0.1) is 10.4 Å². The van der Waals surface area contributed by atoms with Crippen molar-refractivity contribution in [1.82, 2.24) is 4.90 Å². The summed E-state index contributed by atoms with van der Waals surface area (Å²) >= 11 is 3.09. The molecule has 22 heavy (non-hydrogen) atoms. The highest BCUT2D eigenvalue weighted by Crippen LogP contribution is 2.40. The van der Waals surface area contributed by atoms with Crippen LogP contribution in [0.25, 0.3) is 0 Å². The molecule has 2 heterocycles. The molecule has 5 nitrogen and oxygen atoms in total.